The minimum Gasteiger partial charge on any atom is -0.379 e. The van der Waals surface area contributed by atoms with Gasteiger partial charge in [0.25, 0.3) is 11.4 Å². The van der Waals surface area contributed by atoms with Crippen molar-refractivity contribution in [1.29, 1.82) is 0 Å². The van der Waals surface area contributed by atoms with Gasteiger partial charge in [-0.1, -0.05) is 24.2 Å². The van der Waals surface area contributed by atoms with E-state index in [0.717, 1.165) is 56.7 Å². The number of benzene rings is 1. The van der Waals surface area contributed by atoms with Crippen molar-refractivity contribution in [2.24, 2.45) is 0 Å². The molecule has 4 aromatic rings. The first-order valence-corrected chi connectivity index (χ1v) is 10.8. The first-order valence-electron chi connectivity index (χ1n) is 10.8. The third-order valence-corrected chi connectivity index (χ3v) is 6.56. The third-order valence-electron chi connectivity index (χ3n) is 6.56. The molecule has 0 N–H and O–H groups in total. The highest BCUT2D eigenvalue weighted by Gasteiger charge is 2.44. The zero-order valence-corrected chi connectivity index (χ0v) is 17.5. The first kappa shape index (κ1) is 18.7. The van der Waals surface area contributed by atoms with Crippen LogP contribution in [0, 0.1) is 0 Å². The van der Waals surface area contributed by atoms with Gasteiger partial charge in [0.15, 0.2) is 11.5 Å². The molecule has 4 heterocycles. The average molecular weight is 420 g/mol. The van der Waals surface area contributed by atoms with Gasteiger partial charge < -0.3 is 13.8 Å². The Hall–Kier alpha value is -3.04. The Bertz CT molecular complexity index is 1330. The van der Waals surface area contributed by atoms with Crippen LogP contribution in [0.15, 0.2) is 39.9 Å². The highest BCUT2D eigenvalue weighted by atomic mass is 16.5. The van der Waals surface area contributed by atoms with E-state index in [1.165, 1.54) is 0 Å². The molecule has 6 rings (SSSR count). The third kappa shape index (κ3) is 3.07. The van der Waals surface area contributed by atoms with Gasteiger partial charge in [-0.15, -0.1) is 0 Å². The molecule has 9 heteroatoms. The van der Waals surface area contributed by atoms with Crippen LogP contribution < -0.4 is 5.56 Å². The van der Waals surface area contributed by atoms with Crippen molar-refractivity contribution >= 4 is 16.6 Å². The Labute approximate surface area is 178 Å². The number of fused-ring (bicyclic) bond motifs is 3. The second-order valence-electron chi connectivity index (χ2n) is 8.70. The lowest BCUT2D eigenvalue weighted by Gasteiger charge is -2.27. The lowest BCUT2D eigenvalue weighted by atomic mass is 10.1. The zero-order chi connectivity index (χ0) is 21.0. The Morgan fingerprint density at radius 3 is 2.65 bits per heavy atom. The molecule has 3 aromatic heterocycles. The van der Waals surface area contributed by atoms with Gasteiger partial charge in [-0.3, -0.25) is 14.1 Å². The van der Waals surface area contributed by atoms with Gasteiger partial charge in [0.05, 0.1) is 24.2 Å². The molecule has 0 bridgehead atoms. The minimum absolute atomic E-state index is 0.0116. The molecule has 0 atom stereocenters. The molecule has 31 heavy (non-hydrogen) atoms. The van der Waals surface area contributed by atoms with Crippen molar-refractivity contribution in [2.45, 2.75) is 31.7 Å². The summed E-state index contributed by atoms with van der Waals surface area (Å²) in [6, 6.07) is 7.91. The van der Waals surface area contributed by atoms with Crippen LogP contribution in [-0.2, 0) is 16.7 Å². The summed E-state index contributed by atoms with van der Waals surface area (Å²) in [5, 5.41) is 4.16. The molecule has 2 fully saturated rings. The summed E-state index contributed by atoms with van der Waals surface area (Å²) < 4.78 is 14.7. The maximum absolute atomic E-state index is 13.7. The Morgan fingerprint density at radius 1 is 1.10 bits per heavy atom. The van der Waals surface area contributed by atoms with Crippen molar-refractivity contribution in [3.05, 3.63) is 46.8 Å². The smallest absolute Gasteiger partial charge is 0.279 e. The molecule has 0 spiro atoms. The largest absolute Gasteiger partial charge is 0.379 e. The number of hydrogen-bond donors (Lipinski definition) is 0. The van der Waals surface area contributed by atoms with Gasteiger partial charge in [0.2, 0.25) is 0 Å². The highest BCUT2D eigenvalue weighted by molar-refractivity contribution is 5.83. The van der Waals surface area contributed by atoms with Crippen LogP contribution in [0.4, 0.5) is 0 Å². The summed E-state index contributed by atoms with van der Waals surface area (Å²) >= 11 is 0. The summed E-state index contributed by atoms with van der Waals surface area (Å²) in [5.74, 6) is 0.995. The monoisotopic (exact) mass is 420 g/mol. The number of rotatable bonds is 5. The lowest BCUT2D eigenvalue weighted by molar-refractivity contribution is 0.0364. The van der Waals surface area contributed by atoms with E-state index < -0.39 is 0 Å². The van der Waals surface area contributed by atoms with Crippen LogP contribution in [0.5, 0.6) is 0 Å². The van der Waals surface area contributed by atoms with Gasteiger partial charge in [-0.2, -0.15) is 4.98 Å². The molecule has 9 nitrogen and oxygen atoms in total. The molecule has 1 saturated carbocycles. The van der Waals surface area contributed by atoms with Crippen molar-refractivity contribution in [3.8, 4) is 11.6 Å². The number of hydrogen-bond acceptors (Lipinski definition) is 7. The van der Waals surface area contributed by atoms with E-state index in [4.69, 9.17) is 9.26 Å². The van der Waals surface area contributed by atoms with Crippen LogP contribution in [0.1, 0.15) is 25.6 Å². The Morgan fingerprint density at radius 2 is 1.87 bits per heavy atom. The number of aromatic nitrogens is 5. The number of nitrogens with zero attached hydrogens (tertiary/aromatic N) is 6. The van der Waals surface area contributed by atoms with Crippen LogP contribution in [-0.4, -0.2) is 61.8 Å². The average Bonchev–Trinajstić information content (AvgIpc) is 3.20. The highest BCUT2D eigenvalue weighted by Crippen LogP contribution is 2.46. The number of ether oxygens (including phenoxy) is 1. The van der Waals surface area contributed by atoms with Gasteiger partial charge in [-0.05, 0) is 25.0 Å². The van der Waals surface area contributed by atoms with Gasteiger partial charge in [-0.25, -0.2) is 4.98 Å². The fourth-order valence-corrected chi connectivity index (χ4v) is 4.29. The molecule has 1 saturated heterocycles. The van der Waals surface area contributed by atoms with Crippen LogP contribution in [0.3, 0.4) is 0 Å². The maximum atomic E-state index is 13.7. The van der Waals surface area contributed by atoms with Crippen molar-refractivity contribution in [3.63, 3.8) is 0 Å². The molecule has 1 aromatic carbocycles. The van der Waals surface area contributed by atoms with E-state index in [-0.39, 0.29) is 11.0 Å². The van der Waals surface area contributed by atoms with E-state index >= 15 is 0 Å². The second kappa shape index (κ2) is 7.00. The molecule has 160 valence electrons. The van der Waals surface area contributed by atoms with E-state index in [1.807, 2.05) is 33.2 Å². The predicted molar refractivity (Wildman–Crippen MR) is 114 cm³/mol. The van der Waals surface area contributed by atoms with E-state index in [0.29, 0.717) is 29.5 Å². The molecule has 0 amide bonds. The van der Waals surface area contributed by atoms with Crippen molar-refractivity contribution in [1.82, 2.24) is 29.0 Å². The Kier molecular flexibility index (Phi) is 4.22. The van der Waals surface area contributed by atoms with Crippen molar-refractivity contribution < 1.29 is 9.26 Å². The zero-order valence-electron chi connectivity index (χ0n) is 17.5. The Balaban J connectivity index is 1.47. The SMILES string of the molecule is CC1(c2noc(-c3ncn4c3c(=O)n(CCN3CCOCC3)c3ccccc34)n2)CC1. The molecule has 1 aliphatic heterocycles. The number of imidazole rings is 1. The van der Waals surface area contributed by atoms with Crippen LogP contribution in [0.25, 0.3) is 28.1 Å². The molecule has 0 unspecified atom stereocenters. The van der Waals surface area contributed by atoms with E-state index in [9.17, 15) is 4.79 Å². The number of morpholine rings is 1. The van der Waals surface area contributed by atoms with Crippen LogP contribution in [0.2, 0.25) is 0 Å². The summed E-state index contributed by atoms with van der Waals surface area (Å²) in [7, 11) is 0. The predicted octanol–water partition coefficient (Wildman–Crippen LogP) is 2.08. The first-order chi connectivity index (χ1) is 15.1. The molecule has 1 aliphatic carbocycles. The van der Waals surface area contributed by atoms with E-state index in [1.54, 1.807) is 6.33 Å². The van der Waals surface area contributed by atoms with Gasteiger partial charge in [0.1, 0.15) is 11.8 Å². The van der Waals surface area contributed by atoms with Gasteiger partial charge >= 0.3 is 0 Å². The molecular formula is C22H24N6O3. The summed E-state index contributed by atoms with van der Waals surface area (Å²) in [4.78, 5) is 25.1. The second-order valence-corrected chi connectivity index (χ2v) is 8.70. The van der Waals surface area contributed by atoms with Crippen molar-refractivity contribution in [2.75, 3.05) is 32.8 Å². The lowest BCUT2D eigenvalue weighted by Crippen LogP contribution is -2.39. The standard InChI is InChI=1S/C22H24N6O3/c1-22(6-7-22)21-24-19(31-25-21)17-18-20(29)27(9-8-26-10-12-30-13-11-26)15-4-2-3-5-16(15)28(18)14-23-17/h2-5,14H,6-13H2,1H3. The fourth-order valence-electron chi connectivity index (χ4n) is 4.29. The maximum Gasteiger partial charge on any atom is 0.279 e. The molecule has 2 aliphatic rings. The molecule has 0 radical (unpaired) electrons. The topological polar surface area (TPSA) is 90.7 Å². The molecular weight excluding hydrogens is 396 g/mol. The summed E-state index contributed by atoms with van der Waals surface area (Å²) in [6.07, 6.45) is 3.77. The quantitative estimate of drug-likeness (QED) is 0.488. The van der Waals surface area contributed by atoms with Crippen LogP contribution >= 0.6 is 0 Å². The minimum atomic E-state index is -0.100. The summed E-state index contributed by atoms with van der Waals surface area (Å²) in [5.41, 5.74) is 2.61. The fraction of sp³-hybridized carbons (Fsp3) is 0.455. The number of para-hydroxylation sites is 2. The summed E-state index contributed by atoms with van der Waals surface area (Å²) in [6.45, 7) is 6.75. The van der Waals surface area contributed by atoms with Gasteiger partial charge in [0, 0.05) is 31.6 Å². The normalized spacial score (nSPS) is 18.7. The van der Waals surface area contributed by atoms with E-state index in [2.05, 4.69) is 26.9 Å².